The Kier molecular flexibility index (Phi) is 83.0. The molecule has 6 heteroatoms. The number of hydrogen-bond donors (Lipinski definition) is 0. The van der Waals surface area contributed by atoms with Crippen molar-refractivity contribution in [2.24, 2.45) is 0 Å². The maximum Gasteiger partial charge on any atom is 0.0786 e. The van der Waals surface area contributed by atoms with Crippen molar-refractivity contribution in [2.45, 2.75) is 479 Å². The first-order valence-electron chi connectivity index (χ1n) is 42.2. The fourth-order valence-electron chi connectivity index (χ4n) is 14.2. The van der Waals surface area contributed by atoms with E-state index >= 15 is 0 Å². The summed E-state index contributed by atoms with van der Waals surface area (Å²) in [5.41, 5.74) is 0. The van der Waals surface area contributed by atoms with Crippen LogP contribution in [0.4, 0.5) is 0 Å². The van der Waals surface area contributed by atoms with Crippen LogP contribution in [0.15, 0.2) is 0 Å². The second kappa shape index (κ2) is 80.3. The lowest BCUT2D eigenvalue weighted by atomic mass is 10.0. The largest absolute Gasteiger partial charge is 0.550 e. The van der Waals surface area contributed by atoms with Gasteiger partial charge in [-0.2, -0.15) is 0 Å². The maximum atomic E-state index is 9.50. The van der Waals surface area contributed by atoms with Crippen molar-refractivity contribution in [1.82, 2.24) is 0 Å². The van der Waals surface area contributed by atoms with E-state index in [1.165, 1.54) is 472 Å². The van der Waals surface area contributed by atoms with Crippen molar-refractivity contribution in [2.75, 3.05) is 52.4 Å². The molecule has 90 heavy (non-hydrogen) atoms. The van der Waals surface area contributed by atoms with Crippen LogP contribution in [0.1, 0.15) is 479 Å². The first-order chi connectivity index (χ1) is 44.1. The van der Waals surface area contributed by atoms with Crippen molar-refractivity contribution < 1.29 is 28.8 Å². The van der Waals surface area contributed by atoms with E-state index in [1.807, 2.05) is 0 Å². The van der Waals surface area contributed by atoms with Gasteiger partial charge in [-0.1, -0.05) is 364 Å². The molecule has 0 radical (unpaired) electrons. The van der Waals surface area contributed by atoms with Gasteiger partial charge in [0.25, 0.3) is 0 Å². The van der Waals surface area contributed by atoms with Crippen LogP contribution >= 0.6 is 0 Å². The van der Waals surface area contributed by atoms with Gasteiger partial charge in [0.2, 0.25) is 0 Å². The number of carbonyl (C=O) groups is 2. The smallest absolute Gasteiger partial charge is 0.0786 e. The van der Waals surface area contributed by atoms with Crippen molar-refractivity contribution in [3.8, 4) is 0 Å². The normalized spacial score (nSPS) is 11.7. The van der Waals surface area contributed by atoms with Crippen LogP contribution in [0.2, 0.25) is 0 Å². The van der Waals surface area contributed by atoms with Crippen LogP contribution in [0.5, 0.6) is 0 Å². The summed E-state index contributed by atoms with van der Waals surface area (Å²) in [5.74, 6) is -2.73. The van der Waals surface area contributed by atoms with Crippen molar-refractivity contribution in [3.63, 3.8) is 0 Å². The Morgan fingerprint density at radius 2 is 0.256 bits per heavy atom. The minimum atomic E-state index is -1.37. The lowest BCUT2D eigenvalue weighted by Crippen LogP contribution is -2.50. The Morgan fingerprint density at radius 3 is 0.344 bits per heavy atom. The SMILES string of the molecule is CCCCCCCCCCCCCCCC[N+](CCCCCCCC)(CCCCCCCC)CCCCCCCC.CCCCCCCCCCCCCCCC[N+](CCCCCCCC)(CCCCCCCC)CCCCCCCC.O=C([O-])CCC(=O)[O-]. The predicted octanol–water partition coefficient (Wildman–Crippen LogP) is 26.0. The second-order valence-electron chi connectivity index (χ2n) is 29.5. The Balaban J connectivity index is -0.00000149. The van der Waals surface area contributed by atoms with Gasteiger partial charge in [-0.15, -0.1) is 0 Å². The van der Waals surface area contributed by atoms with E-state index in [1.54, 1.807) is 0 Å². The molecule has 6 nitrogen and oxygen atoms in total. The molecule has 542 valence electrons. The summed E-state index contributed by atoms with van der Waals surface area (Å²) < 4.78 is 2.96. The Morgan fingerprint density at radius 1 is 0.167 bits per heavy atom. The van der Waals surface area contributed by atoms with Gasteiger partial charge in [-0.3, -0.25) is 0 Å². The highest BCUT2D eigenvalue weighted by molar-refractivity contribution is 5.72. The molecule has 0 bridgehead atoms. The van der Waals surface area contributed by atoms with Crippen LogP contribution < -0.4 is 10.2 Å². The number of aliphatic carboxylic acids is 2. The highest BCUT2D eigenvalue weighted by Gasteiger charge is 2.27. The summed E-state index contributed by atoms with van der Waals surface area (Å²) in [7, 11) is 0. The van der Waals surface area contributed by atoms with Crippen LogP contribution in [0.25, 0.3) is 0 Å². The summed E-state index contributed by atoms with van der Waals surface area (Å²) in [6, 6.07) is 0. The number of hydrogen-bond acceptors (Lipinski definition) is 4. The number of nitrogens with zero attached hydrogens (tertiary/aromatic N) is 2. The molecule has 0 aliphatic heterocycles. The summed E-state index contributed by atoms with van der Waals surface area (Å²) in [6.45, 7) is 30.6. The standard InChI is InChI=1S/2C40H84N.C4H6O4/c2*1-5-9-13-17-21-22-23-24-25-26-27-28-32-36-40-41(37-33-29-18-14-10-6-2,38-34-30-19-15-11-7-3)39-35-31-20-16-12-8-4;5-3(6)1-2-4(7)8/h2*5-40H2,1-4H3;1-2H2,(H,5,6)(H,7,8)/q2*+1;/p-2. The molecule has 0 amide bonds. The van der Waals surface area contributed by atoms with Gasteiger partial charge in [0, 0.05) is 11.9 Å². The number of unbranched alkanes of at least 4 members (excludes halogenated alkanes) is 56. The minimum absolute atomic E-state index is 0.470. The Labute approximate surface area is 569 Å². The van der Waals surface area contributed by atoms with E-state index in [9.17, 15) is 19.8 Å². The lowest BCUT2D eigenvalue weighted by Gasteiger charge is -2.40. The topological polar surface area (TPSA) is 80.3 Å². The molecule has 0 unspecified atom stereocenters. The van der Waals surface area contributed by atoms with Gasteiger partial charge in [0.05, 0.1) is 52.4 Å². The number of quaternary nitrogens is 2. The summed E-state index contributed by atoms with van der Waals surface area (Å²) >= 11 is 0. The van der Waals surface area contributed by atoms with E-state index < -0.39 is 24.8 Å². The molecule has 0 saturated carbocycles. The van der Waals surface area contributed by atoms with Gasteiger partial charge >= 0.3 is 0 Å². The third kappa shape index (κ3) is 75.9. The van der Waals surface area contributed by atoms with Crippen LogP contribution in [-0.2, 0) is 9.59 Å². The molecule has 0 fully saturated rings. The van der Waals surface area contributed by atoms with Crippen LogP contribution in [0.3, 0.4) is 0 Å². The van der Waals surface area contributed by atoms with E-state index in [0.717, 1.165) is 0 Å². The van der Waals surface area contributed by atoms with Gasteiger partial charge < -0.3 is 28.8 Å². The molecular formula is C84H172N2O4. The summed E-state index contributed by atoms with van der Waals surface area (Å²) in [6.07, 6.45) is 92.5. The molecule has 0 saturated heterocycles. The Bertz CT molecular complexity index is 1140. The second-order valence-corrected chi connectivity index (χ2v) is 29.5. The lowest BCUT2D eigenvalue weighted by molar-refractivity contribution is -0.929. The molecule has 0 aliphatic rings. The summed E-state index contributed by atoms with van der Waals surface area (Å²) in [4.78, 5) is 19.0. The zero-order valence-corrected chi connectivity index (χ0v) is 63.9. The van der Waals surface area contributed by atoms with Gasteiger partial charge in [-0.25, -0.2) is 0 Å². The summed E-state index contributed by atoms with van der Waals surface area (Å²) in [5, 5.41) is 19.0. The number of rotatable bonds is 75. The van der Waals surface area contributed by atoms with Crippen LogP contribution in [-0.4, -0.2) is 73.3 Å². The number of carboxylic acids is 2. The van der Waals surface area contributed by atoms with Gasteiger partial charge in [-0.05, 0) is 116 Å². The van der Waals surface area contributed by atoms with E-state index in [2.05, 4.69) is 55.4 Å². The molecule has 0 atom stereocenters. The highest BCUT2D eigenvalue weighted by atomic mass is 16.4. The van der Waals surface area contributed by atoms with E-state index in [-0.39, 0.29) is 0 Å². The monoisotopic (exact) mass is 1270 g/mol. The first-order valence-corrected chi connectivity index (χ1v) is 42.2. The van der Waals surface area contributed by atoms with Crippen molar-refractivity contribution in [3.05, 3.63) is 0 Å². The fraction of sp³-hybridized carbons (Fsp3) is 0.976. The van der Waals surface area contributed by atoms with Crippen LogP contribution in [0, 0.1) is 0 Å². The minimum Gasteiger partial charge on any atom is -0.550 e. The highest BCUT2D eigenvalue weighted by Crippen LogP contribution is 2.24. The average Bonchev–Trinajstić information content (AvgIpc) is 1.81. The predicted molar refractivity (Wildman–Crippen MR) is 400 cm³/mol. The quantitative estimate of drug-likeness (QED) is 0.0449. The van der Waals surface area contributed by atoms with Crippen molar-refractivity contribution >= 4 is 11.9 Å². The zero-order valence-electron chi connectivity index (χ0n) is 63.9. The molecular weight excluding hydrogens is 1100 g/mol. The fourth-order valence-corrected chi connectivity index (χ4v) is 14.2. The number of carbonyl (C=O) groups excluding carboxylic acids is 2. The van der Waals surface area contributed by atoms with Crippen molar-refractivity contribution in [1.29, 1.82) is 0 Å². The van der Waals surface area contributed by atoms with E-state index in [4.69, 9.17) is 0 Å². The maximum absolute atomic E-state index is 9.50. The van der Waals surface area contributed by atoms with Gasteiger partial charge in [0.15, 0.2) is 0 Å². The molecule has 0 rings (SSSR count). The molecule has 0 aromatic rings. The molecule has 0 aromatic carbocycles. The molecule has 0 aliphatic carbocycles. The third-order valence-electron chi connectivity index (χ3n) is 20.4. The zero-order chi connectivity index (χ0) is 66.5. The molecule has 0 aromatic heterocycles. The first kappa shape index (κ1) is 93.0. The Hall–Kier alpha value is -1.14. The van der Waals surface area contributed by atoms with Gasteiger partial charge in [0.1, 0.15) is 0 Å². The van der Waals surface area contributed by atoms with E-state index in [0.29, 0.717) is 0 Å². The average molecular weight is 1270 g/mol. The molecule has 0 N–H and O–H groups in total. The number of carboxylic acid groups (broad SMARTS) is 2. The third-order valence-corrected chi connectivity index (χ3v) is 20.4. The molecule has 0 spiro atoms. The molecule has 0 heterocycles.